The van der Waals surface area contributed by atoms with E-state index in [1.807, 2.05) is 91.0 Å². The van der Waals surface area contributed by atoms with Crippen molar-refractivity contribution in [2.75, 3.05) is 12.3 Å². The number of allylic oxidation sites excluding steroid dienone is 4. The largest absolute Gasteiger partial charge is 0.399 e. The maximum absolute atomic E-state index is 5.36. The predicted molar refractivity (Wildman–Crippen MR) is 149 cm³/mol. The minimum atomic E-state index is 0.599. The zero-order valence-electron chi connectivity index (χ0n) is 20.6. The number of anilines is 1. The highest BCUT2D eigenvalue weighted by molar-refractivity contribution is 5.35. The highest BCUT2D eigenvalue weighted by atomic mass is 14.5. The van der Waals surface area contributed by atoms with Crippen LogP contribution >= 0.6 is 0 Å². The van der Waals surface area contributed by atoms with E-state index in [9.17, 15) is 0 Å². The minimum Gasteiger partial charge on any atom is -0.399 e. The summed E-state index contributed by atoms with van der Waals surface area (Å²) in [5.41, 5.74) is 14.3. The maximum Gasteiger partial charge on any atom is 0.0313 e. The van der Waals surface area contributed by atoms with Gasteiger partial charge in [0.25, 0.3) is 0 Å². The molecule has 3 rings (SSSR count). The normalized spacial score (nSPS) is 10.7. The lowest BCUT2D eigenvalue weighted by Crippen LogP contribution is -1.95. The molecule has 0 heterocycles. The fraction of sp³-hybridized carbons (Fsp3) is 0.226. The Labute approximate surface area is 202 Å². The summed E-state index contributed by atoms with van der Waals surface area (Å²) in [6, 6.07) is 30.2. The first kappa shape index (κ1) is 29.6. The summed E-state index contributed by atoms with van der Waals surface area (Å²) in [7, 11) is 0. The van der Waals surface area contributed by atoms with Crippen molar-refractivity contribution in [3.8, 4) is 0 Å². The summed E-state index contributed by atoms with van der Waals surface area (Å²) < 4.78 is 0. The zero-order valence-corrected chi connectivity index (χ0v) is 20.6. The van der Waals surface area contributed by atoms with Crippen molar-refractivity contribution in [3.05, 3.63) is 139 Å². The zero-order chi connectivity index (χ0) is 24.6. The number of benzene rings is 3. The summed E-state index contributed by atoms with van der Waals surface area (Å²) >= 11 is 0. The van der Waals surface area contributed by atoms with Gasteiger partial charge in [0.1, 0.15) is 0 Å². The van der Waals surface area contributed by atoms with Crippen LogP contribution in [0, 0.1) is 6.92 Å². The lowest BCUT2D eigenvalue weighted by atomic mass is 9.93. The third-order valence-electron chi connectivity index (χ3n) is 4.54. The van der Waals surface area contributed by atoms with Crippen LogP contribution in [0.5, 0.6) is 0 Å². The van der Waals surface area contributed by atoms with Gasteiger partial charge < -0.3 is 11.5 Å². The molecule has 1 unspecified atom stereocenters. The van der Waals surface area contributed by atoms with E-state index in [4.69, 9.17) is 11.5 Å². The molecule has 0 aromatic heterocycles. The van der Waals surface area contributed by atoms with Crippen LogP contribution in [0.4, 0.5) is 5.69 Å². The molecule has 0 saturated heterocycles. The fourth-order valence-corrected chi connectivity index (χ4v) is 2.87. The first-order valence-electron chi connectivity index (χ1n) is 11.6. The number of nitrogen functional groups attached to an aromatic ring is 1. The van der Waals surface area contributed by atoms with Crippen molar-refractivity contribution in [2.45, 2.75) is 39.5 Å². The monoisotopic (exact) mass is 442 g/mol. The number of hydrogen-bond donors (Lipinski definition) is 2. The number of aryl methyl sites for hydroxylation is 1. The molecule has 1 atom stereocenters. The second-order valence-corrected chi connectivity index (χ2v) is 7.40. The van der Waals surface area contributed by atoms with E-state index in [2.05, 4.69) is 51.6 Å². The Kier molecular flexibility index (Phi) is 19.6. The SMILES string of the molecule is C=C/C=C\C=C/CN.CCCC(C)c1ccccc1C.Nc1ccccc1.c1ccccc1. The van der Waals surface area contributed by atoms with Gasteiger partial charge in [-0.15, -0.1) is 0 Å². The maximum atomic E-state index is 5.36. The number of para-hydroxylation sites is 1. The van der Waals surface area contributed by atoms with E-state index in [-0.39, 0.29) is 0 Å². The van der Waals surface area contributed by atoms with Gasteiger partial charge in [0.2, 0.25) is 0 Å². The highest BCUT2D eigenvalue weighted by Crippen LogP contribution is 2.23. The molecule has 176 valence electrons. The Bertz CT molecular complexity index is 841. The van der Waals surface area contributed by atoms with Crippen molar-refractivity contribution in [1.29, 1.82) is 0 Å². The quantitative estimate of drug-likeness (QED) is 0.299. The molecular weight excluding hydrogens is 400 g/mol. The fourth-order valence-electron chi connectivity index (χ4n) is 2.87. The van der Waals surface area contributed by atoms with E-state index < -0.39 is 0 Å². The van der Waals surface area contributed by atoms with Crippen molar-refractivity contribution in [2.24, 2.45) is 5.73 Å². The van der Waals surface area contributed by atoms with Gasteiger partial charge in [-0.25, -0.2) is 0 Å². The summed E-state index contributed by atoms with van der Waals surface area (Å²) in [6.07, 6.45) is 11.8. The smallest absolute Gasteiger partial charge is 0.0313 e. The molecule has 0 spiro atoms. The molecule has 3 aromatic rings. The molecular formula is C31H42N2. The van der Waals surface area contributed by atoms with Gasteiger partial charge in [-0.05, 0) is 42.5 Å². The molecule has 0 aliphatic heterocycles. The summed E-state index contributed by atoms with van der Waals surface area (Å²) in [5, 5.41) is 0. The van der Waals surface area contributed by atoms with Gasteiger partial charge in [0.15, 0.2) is 0 Å². The third kappa shape index (κ3) is 18.0. The molecule has 3 aromatic carbocycles. The van der Waals surface area contributed by atoms with Crippen LogP contribution in [-0.2, 0) is 0 Å². The second kappa shape index (κ2) is 21.9. The van der Waals surface area contributed by atoms with Crippen molar-refractivity contribution in [3.63, 3.8) is 0 Å². The first-order valence-corrected chi connectivity index (χ1v) is 11.6. The van der Waals surface area contributed by atoms with Crippen LogP contribution in [0.15, 0.2) is 128 Å². The number of hydrogen-bond acceptors (Lipinski definition) is 2. The Hall–Kier alpha value is -3.36. The Morgan fingerprint density at radius 1 is 0.788 bits per heavy atom. The molecule has 0 fully saturated rings. The molecule has 4 N–H and O–H groups in total. The van der Waals surface area contributed by atoms with Crippen molar-refractivity contribution in [1.82, 2.24) is 0 Å². The van der Waals surface area contributed by atoms with Gasteiger partial charge in [0, 0.05) is 12.2 Å². The molecule has 0 aliphatic carbocycles. The van der Waals surface area contributed by atoms with E-state index in [1.165, 1.54) is 24.0 Å². The average molecular weight is 443 g/mol. The van der Waals surface area contributed by atoms with Crippen LogP contribution in [0.25, 0.3) is 0 Å². The standard InChI is InChI=1S/C12H18.C7H11N.C6H7N.C6H6/c1-4-7-10(2)12-9-6-5-8-11(12)3;1-2-3-4-5-6-7-8;7-6-4-2-1-3-5-6;1-2-4-6-5-3-1/h5-6,8-10H,4,7H2,1-3H3;2-6H,1,7-8H2;1-5H,7H2;1-6H/b;4-3-,6-5-;;. The van der Waals surface area contributed by atoms with Crippen LogP contribution in [0.1, 0.15) is 43.7 Å². The predicted octanol–water partition coefficient (Wildman–Crippen LogP) is 8.10. The Morgan fingerprint density at radius 3 is 1.73 bits per heavy atom. The average Bonchev–Trinajstić information content (AvgIpc) is 2.85. The number of rotatable bonds is 6. The van der Waals surface area contributed by atoms with Gasteiger partial charge in [-0.2, -0.15) is 0 Å². The van der Waals surface area contributed by atoms with E-state index in [0.717, 1.165) is 11.6 Å². The minimum absolute atomic E-state index is 0.599. The van der Waals surface area contributed by atoms with Crippen LogP contribution in [0.3, 0.4) is 0 Å². The van der Waals surface area contributed by atoms with E-state index in [0.29, 0.717) is 6.54 Å². The summed E-state index contributed by atoms with van der Waals surface area (Å²) in [4.78, 5) is 0. The second-order valence-electron chi connectivity index (χ2n) is 7.40. The van der Waals surface area contributed by atoms with Crippen LogP contribution in [0.2, 0.25) is 0 Å². The van der Waals surface area contributed by atoms with Crippen LogP contribution < -0.4 is 11.5 Å². The van der Waals surface area contributed by atoms with Gasteiger partial charge in [-0.1, -0.05) is 136 Å². The van der Waals surface area contributed by atoms with E-state index >= 15 is 0 Å². The summed E-state index contributed by atoms with van der Waals surface area (Å²) in [6.45, 7) is 10.9. The Balaban J connectivity index is 0.000000430. The van der Waals surface area contributed by atoms with Crippen molar-refractivity contribution >= 4 is 5.69 Å². The van der Waals surface area contributed by atoms with Gasteiger partial charge in [0.05, 0.1) is 0 Å². The molecule has 0 radical (unpaired) electrons. The van der Waals surface area contributed by atoms with Gasteiger partial charge in [-0.3, -0.25) is 0 Å². The lowest BCUT2D eigenvalue weighted by molar-refractivity contribution is 0.661. The Morgan fingerprint density at radius 2 is 1.30 bits per heavy atom. The molecule has 0 amide bonds. The van der Waals surface area contributed by atoms with Crippen molar-refractivity contribution < 1.29 is 0 Å². The topological polar surface area (TPSA) is 52.0 Å². The molecule has 0 aliphatic rings. The molecule has 2 heteroatoms. The van der Waals surface area contributed by atoms with Gasteiger partial charge >= 0.3 is 0 Å². The third-order valence-corrected chi connectivity index (χ3v) is 4.54. The molecule has 0 saturated carbocycles. The summed E-state index contributed by atoms with van der Waals surface area (Å²) in [5.74, 6) is 0.719. The molecule has 2 nitrogen and oxygen atoms in total. The molecule has 0 bridgehead atoms. The lowest BCUT2D eigenvalue weighted by Gasteiger charge is -2.12. The first-order chi connectivity index (χ1) is 16.1. The highest BCUT2D eigenvalue weighted by Gasteiger charge is 2.05. The van der Waals surface area contributed by atoms with E-state index in [1.54, 1.807) is 6.08 Å². The number of nitrogens with two attached hydrogens (primary N) is 2. The molecule has 33 heavy (non-hydrogen) atoms. The van der Waals surface area contributed by atoms with Crippen LogP contribution in [-0.4, -0.2) is 6.54 Å².